The number of hydrogen-bond acceptors (Lipinski definition) is 2. The number of likely N-dealkylation sites (tertiary alicyclic amines) is 1. The number of aryl methyl sites for hydroxylation is 1. The Morgan fingerprint density at radius 1 is 1.15 bits per heavy atom. The van der Waals surface area contributed by atoms with Crippen molar-refractivity contribution >= 4 is 23.0 Å². The number of nitrogens with one attached hydrogen (secondary N) is 1. The van der Waals surface area contributed by atoms with Gasteiger partial charge in [-0.3, -0.25) is 9.69 Å². The molecule has 0 aliphatic carbocycles. The molecule has 4 rings (SSSR count). The smallest absolute Gasteiger partial charge is 0.281 e. The first kappa shape index (κ1) is 17.0. The molecule has 2 aliphatic heterocycles. The predicted molar refractivity (Wildman–Crippen MR) is 105 cm³/mol. The molecule has 0 bridgehead atoms. The lowest BCUT2D eigenvalue weighted by atomic mass is 10.0. The van der Waals surface area contributed by atoms with Crippen molar-refractivity contribution in [3.05, 3.63) is 59.7 Å². The van der Waals surface area contributed by atoms with E-state index in [1.807, 2.05) is 53.4 Å². The fourth-order valence-corrected chi connectivity index (χ4v) is 4.04. The number of amides is 1. The van der Waals surface area contributed by atoms with Crippen molar-refractivity contribution in [1.29, 1.82) is 0 Å². The number of benzene rings is 2. The second-order valence-corrected chi connectivity index (χ2v) is 7.66. The Balaban J connectivity index is 1.65. The van der Waals surface area contributed by atoms with Gasteiger partial charge in [0.15, 0.2) is 6.67 Å². The number of para-hydroxylation sites is 1. The maximum absolute atomic E-state index is 13.2. The third-order valence-electron chi connectivity index (χ3n) is 5.42. The zero-order valence-corrected chi connectivity index (χ0v) is 15.5. The van der Waals surface area contributed by atoms with Gasteiger partial charge >= 0.3 is 0 Å². The van der Waals surface area contributed by atoms with Gasteiger partial charge in [0.05, 0.1) is 24.5 Å². The third kappa shape index (κ3) is 3.29. The molecule has 2 atom stereocenters. The van der Waals surface area contributed by atoms with Crippen molar-refractivity contribution in [3.8, 4) is 0 Å². The van der Waals surface area contributed by atoms with Crippen LogP contribution >= 0.6 is 0 Å². The summed E-state index contributed by atoms with van der Waals surface area (Å²) in [7, 11) is 0. The number of fused-ring (bicyclic) bond motifs is 1. The van der Waals surface area contributed by atoms with E-state index in [9.17, 15) is 4.79 Å². The number of carbonyl (C=O) groups is 1. The number of piperidine rings is 1. The summed E-state index contributed by atoms with van der Waals surface area (Å²) >= 11 is 0. The van der Waals surface area contributed by atoms with Crippen molar-refractivity contribution < 1.29 is 9.69 Å². The molecule has 134 valence electrons. The highest BCUT2D eigenvalue weighted by atomic mass is 16.2. The van der Waals surface area contributed by atoms with Gasteiger partial charge in [-0.15, -0.1) is 0 Å². The second-order valence-electron chi connectivity index (χ2n) is 7.66. The van der Waals surface area contributed by atoms with Crippen molar-refractivity contribution in [2.24, 2.45) is 10.9 Å². The molecule has 2 aromatic carbocycles. The van der Waals surface area contributed by atoms with E-state index in [1.54, 1.807) is 0 Å². The van der Waals surface area contributed by atoms with E-state index >= 15 is 0 Å². The van der Waals surface area contributed by atoms with Crippen LogP contribution in [0.2, 0.25) is 0 Å². The highest BCUT2D eigenvalue weighted by molar-refractivity contribution is 6.54. The van der Waals surface area contributed by atoms with Gasteiger partial charge in [0.1, 0.15) is 5.71 Å². The lowest BCUT2D eigenvalue weighted by Crippen LogP contribution is -3.15. The Morgan fingerprint density at radius 2 is 1.92 bits per heavy atom. The molecule has 2 heterocycles. The fraction of sp³-hybridized carbons (Fsp3) is 0.364. The quantitative estimate of drug-likeness (QED) is 0.910. The Hall–Kier alpha value is -2.46. The molecule has 4 heteroatoms. The fourth-order valence-electron chi connectivity index (χ4n) is 4.04. The summed E-state index contributed by atoms with van der Waals surface area (Å²) in [5.74, 6) is 0.755. The van der Waals surface area contributed by atoms with E-state index in [0.29, 0.717) is 5.71 Å². The van der Waals surface area contributed by atoms with Crippen LogP contribution in [-0.2, 0) is 4.79 Å². The SMILES string of the molecule is Cc1ccc(N=C2C(=O)N(C[NH+]3CCCC(C)C3)c3ccccc32)cc1. The molecule has 0 saturated carbocycles. The number of nitrogens with zero attached hydrogens (tertiary/aromatic N) is 2. The van der Waals surface area contributed by atoms with E-state index in [2.05, 4.69) is 13.8 Å². The molecule has 0 spiro atoms. The van der Waals surface area contributed by atoms with Gasteiger partial charge in [-0.05, 0) is 38.0 Å². The molecule has 1 amide bonds. The van der Waals surface area contributed by atoms with E-state index in [1.165, 1.54) is 23.3 Å². The number of rotatable bonds is 3. The minimum Gasteiger partial charge on any atom is -0.317 e. The standard InChI is InChI=1S/C22H25N3O/c1-16-9-11-18(12-10-16)23-21-19-7-3-4-8-20(19)25(22(21)26)15-24-13-5-6-17(2)14-24/h3-4,7-12,17H,5-6,13-15H2,1-2H3/p+1. The Bertz CT molecular complexity index is 841. The average Bonchev–Trinajstić information content (AvgIpc) is 2.90. The van der Waals surface area contributed by atoms with Gasteiger partial charge < -0.3 is 4.90 Å². The van der Waals surface area contributed by atoms with Crippen LogP contribution in [-0.4, -0.2) is 31.4 Å². The van der Waals surface area contributed by atoms with E-state index in [4.69, 9.17) is 4.99 Å². The van der Waals surface area contributed by atoms with Crippen LogP contribution in [0.15, 0.2) is 53.5 Å². The highest BCUT2D eigenvalue weighted by Crippen LogP contribution is 2.30. The molecular weight excluding hydrogens is 322 g/mol. The lowest BCUT2D eigenvalue weighted by molar-refractivity contribution is -0.907. The first-order valence-electron chi connectivity index (χ1n) is 9.52. The number of aliphatic imine (C=N–C) groups is 1. The average molecular weight is 348 g/mol. The molecule has 1 fully saturated rings. The van der Waals surface area contributed by atoms with Crippen molar-refractivity contribution in [3.63, 3.8) is 0 Å². The summed E-state index contributed by atoms with van der Waals surface area (Å²) in [6, 6.07) is 16.0. The Labute approximate surface area is 155 Å². The first-order valence-corrected chi connectivity index (χ1v) is 9.52. The van der Waals surface area contributed by atoms with Gasteiger partial charge in [0.25, 0.3) is 5.91 Å². The summed E-state index contributed by atoms with van der Waals surface area (Å²) in [6.07, 6.45) is 2.54. The van der Waals surface area contributed by atoms with Crippen molar-refractivity contribution in [2.45, 2.75) is 26.7 Å². The summed E-state index contributed by atoms with van der Waals surface area (Å²) in [4.78, 5) is 21.3. The zero-order valence-electron chi connectivity index (χ0n) is 15.5. The topological polar surface area (TPSA) is 37.1 Å². The van der Waals surface area contributed by atoms with E-state index in [-0.39, 0.29) is 5.91 Å². The Morgan fingerprint density at radius 3 is 2.69 bits per heavy atom. The van der Waals surface area contributed by atoms with Crippen LogP contribution < -0.4 is 9.80 Å². The summed E-state index contributed by atoms with van der Waals surface area (Å²) in [5, 5.41) is 0. The van der Waals surface area contributed by atoms with Crippen molar-refractivity contribution in [2.75, 3.05) is 24.7 Å². The summed E-state index contributed by atoms with van der Waals surface area (Å²) in [5.41, 5.74) is 4.52. The van der Waals surface area contributed by atoms with Gasteiger partial charge in [0, 0.05) is 11.5 Å². The van der Waals surface area contributed by atoms with Crippen LogP contribution in [0, 0.1) is 12.8 Å². The minimum atomic E-state index is 0.0255. The van der Waals surface area contributed by atoms with Gasteiger partial charge in [-0.2, -0.15) is 0 Å². The molecule has 26 heavy (non-hydrogen) atoms. The molecule has 4 nitrogen and oxygen atoms in total. The Kier molecular flexibility index (Phi) is 4.60. The normalized spacial score (nSPS) is 24.2. The third-order valence-corrected chi connectivity index (χ3v) is 5.42. The van der Waals surface area contributed by atoms with Crippen LogP contribution in [0.5, 0.6) is 0 Å². The zero-order chi connectivity index (χ0) is 18.1. The minimum absolute atomic E-state index is 0.0255. The maximum Gasteiger partial charge on any atom is 0.281 e. The predicted octanol–water partition coefficient (Wildman–Crippen LogP) is 2.73. The molecule has 1 saturated heterocycles. The van der Waals surface area contributed by atoms with Crippen LogP contribution in [0.4, 0.5) is 11.4 Å². The summed E-state index contributed by atoms with van der Waals surface area (Å²) < 4.78 is 0. The molecule has 1 N–H and O–H groups in total. The molecule has 2 unspecified atom stereocenters. The van der Waals surface area contributed by atoms with E-state index in [0.717, 1.165) is 42.6 Å². The largest absolute Gasteiger partial charge is 0.317 e. The number of carbonyl (C=O) groups excluding carboxylic acids is 1. The first-order chi connectivity index (χ1) is 12.6. The van der Waals surface area contributed by atoms with Crippen LogP contribution in [0.3, 0.4) is 0 Å². The molecule has 2 aliphatic rings. The second kappa shape index (κ2) is 7.04. The number of hydrogen-bond donors (Lipinski definition) is 1. The lowest BCUT2D eigenvalue weighted by Gasteiger charge is -2.31. The summed E-state index contributed by atoms with van der Waals surface area (Å²) in [6.45, 7) is 7.37. The monoisotopic (exact) mass is 348 g/mol. The molecule has 0 radical (unpaired) electrons. The number of anilines is 1. The molecule has 2 aromatic rings. The van der Waals surface area contributed by atoms with Gasteiger partial charge in [0.2, 0.25) is 0 Å². The van der Waals surface area contributed by atoms with Gasteiger partial charge in [-0.25, -0.2) is 4.99 Å². The van der Waals surface area contributed by atoms with Crippen molar-refractivity contribution in [1.82, 2.24) is 0 Å². The van der Waals surface area contributed by atoms with Crippen LogP contribution in [0.25, 0.3) is 0 Å². The molecular formula is C22H26N3O+. The maximum atomic E-state index is 13.2. The molecule has 0 aromatic heterocycles. The van der Waals surface area contributed by atoms with Crippen LogP contribution in [0.1, 0.15) is 30.9 Å². The highest BCUT2D eigenvalue weighted by Gasteiger charge is 2.36. The van der Waals surface area contributed by atoms with Gasteiger partial charge in [-0.1, -0.05) is 42.8 Å². The number of quaternary nitrogens is 1. The van der Waals surface area contributed by atoms with E-state index < -0.39 is 0 Å².